The molecule has 1 amide bonds. The van der Waals surface area contributed by atoms with E-state index in [2.05, 4.69) is 26.2 Å². The Labute approximate surface area is 96.2 Å². The number of anilines is 1. The fourth-order valence-electron chi connectivity index (χ4n) is 0.860. The summed E-state index contributed by atoms with van der Waals surface area (Å²) < 4.78 is 0.714. The number of hydrogen-bond acceptors (Lipinski definition) is 2. The highest BCUT2D eigenvalue weighted by atomic mass is 79.9. The number of aromatic nitrogens is 1. The first kappa shape index (κ1) is 12.0. The van der Waals surface area contributed by atoms with Gasteiger partial charge in [0.15, 0.2) is 0 Å². The summed E-state index contributed by atoms with van der Waals surface area (Å²) in [5.74, 6) is -0.189. The number of H-pyrrole nitrogens is 1. The summed E-state index contributed by atoms with van der Waals surface area (Å²) in [4.78, 5) is 25.5. The number of rotatable bonds is 1. The largest absolute Gasteiger partial charge is 0.326 e. The summed E-state index contributed by atoms with van der Waals surface area (Å²) in [6.07, 6.45) is 1.52. The van der Waals surface area contributed by atoms with Gasteiger partial charge in [-0.15, -0.1) is 0 Å². The number of aromatic amines is 1. The van der Waals surface area contributed by atoms with Gasteiger partial charge in [0, 0.05) is 16.1 Å². The van der Waals surface area contributed by atoms with Gasteiger partial charge in [-0.2, -0.15) is 0 Å². The normalized spacial score (nSPS) is 11.2. The van der Waals surface area contributed by atoms with Gasteiger partial charge in [0.1, 0.15) is 5.69 Å². The molecule has 1 heterocycles. The molecule has 0 atom stereocenters. The second kappa shape index (κ2) is 4.18. The molecule has 0 aliphatic heterocycles. The molecule has 0 unspecified atom stereocenters. The number of amides is 1. The maximum Gasteiger partial charge on any atom is 0.271 e. The highest BCUT2D eigenvalue weighted by molar-refractivity contribution is 9.10. The Hall–Kier alpha value is -1.10. The third kappa shape index (κ3) is 3.20. The summed E-state index contributed by atoms with van der Waals surface area (Å²) in [7, 11) is 0. The van der Waals surface area contributed by atoms with Crippen molar-refractivity contribution >= 4 is 27.5 Å². The van der Waals surface area contributed by atoms with Crippen LogP contribution in [0.3, 0.4) is 0 Å². The molecular weight excluding hydrogens is 260 g/mol. The minimum Gasteiger partial charge on any atom is -0.326 e. The summed E-state index contributed by atoms with van der Waals surface area (Å²) in [5.41, 5.74) is -0.575. The van der Waals surface area contributed by atoms with E-state index in [1.54, 1.807) is 26.8 Å². The first-order valence-electron chi connectivity index (χ1n) is 4.50. The van der Waals surface area contributed by atoms with Crippen molar-refractivity contribution < 1.29 is 4.79 Å². The molecule has 0 spiro atoms. The summed E-state index contributed by atoms with van der Waals surface area (Å²) in [5, 5.41) is 2.58. The molecule has 15 heavy (non-hydrogen) atoms. The smallest absolute Gasteiger partial charge is 0.271 e. The average molecular weight is 273 g/mol. The second-order valence-corrected chi connectivity index (χ2v) is 5.18. The SMILES string of the molecule is CC(C)(C)C(=O)Nc1cc(Br)c[nH]c1=O. The predicted molar refractivity (Wildman–Crippen MR) is 62.8 cm³/mol. The van der Waals surface area contributed by atoms with E-state index in [1.165, 1.54) is 6.20 Å². The van der Waals surface area contributed by atoms with Crippen LogP contribution < -0.4 is 10.9 Å². The van der Waals surface area contributed by atoms with Gasteiger partial charge < -0.3 is 10.3 Å². The average Bonchev–Trinajstić information content (AvgIpc) is 2.09. The lowest BCUT2D eigenvalue weighted by atomic mass is 9.96. The zero-order chi connectivity index (χ0) is 11.6. The summed E-state index contributed by atoms with van der Waals surface area (Å²) in [6, 6.07) is 1.57. The Morgan fingerprint density at radius 2 is 2.07 bits per heavy atom. The van der Waals surface area contributed by atoms with Crippen molar-refractivity contribution in [1.82, 2.24) is 4.98 Å². The lowest BCUT2D eigenvalue weighted by Crippen LogP contribution is -2.30. The Morgan fingerprint density at radius 3 is 2.60 bits per heavy atom. The molecule has 1 aromatic heterocycles. The van der Waals surface area contributed by atoms with Crippen LogP contribution in [0, 0.1) is 5.41 Å². The Bertz CT molecular complexity index is 432. The van der Waals surface area contributed by atoms with Crippen molar-refractivity contribution in [2.24, 2.45) is 5.41 Å². The van der Waals surface area contributed by atoms with Gasteiger partial charge >= 0.3 is 0 Å². The van der Waals surface area contributed by atoms with E-state index in [4.69, 9.17) is 0 Å². The lowest BCUT2D eigenvalue weighted by Gasteiger charge is -2.17. The van der Waals surface area contributed by atoms with E-state index >= 15 is 0 Å². The van der Waals surface area contributed by atoms with Gasteiger partial charge in [-0.05, 0) is 22.0 Å². The van der Waals surface area contributed by atoms with Gasteiger partial charge in [-0.1, -0.05) is 20.8 Å². The van der Waals surface area contributed by atoms with E-state index in [1.807, 2.05) is 0 Å². The standard InChI is InChI=1S/C10H13BrN2O2/c1-10(2,3)9(15)13-7-4-6(11)5-12-8(7)14/h4-5H,1-3H3,(H,12,14)(H,13,15). The molecule has 0 fully saturated rings. The number of carbonyl (C=O) groups excluding carboxylic acids is 1. The molecular formula is C10H13BrN2O2. The van der Waals surface area contributed by atoms with Crippen LogP contribution in [-0.4, -0.2) is 10.9 Å². The zero-order valence-electron chi connectivity index (χ0n) is 8.85. The molecule has 0 radical (unpaired) electrons. The topological polar surface area (TPSA) is 62.0 Å². The number of hydrogen-bond donors (Lipinski definition) is 2. The van der Waals surface area contributed by atoms with Crippen LogP contribution >= 0.6 is 15.9 Å². The summed E-state index contributed by atoms with van der Waals surface area (Å²) >= 11 is 3.22. The Kier molecular flexibility index (Phi) is 3.34. The fraction of sp³-hybridized carbons (Fsp3) is 0.400. The number of pyridine rings is 1. The minimum absolute atomic E-state index is 0.189. The van der Waals surface area contributed by atoms with Crippen LogP contribution in [0.25, 0.3) is 0 Å². The molecule has 0 aromatic carbocycles. The second-order valence-electron chi connectivity index (χ2n) is 4.26. The van der Waals surface area contributed by atoms with E-state index < -0.39 is 5.41 Å². The monoisotopic (exact) mass is 272 g/mol. The van der Waals surface area contributed by atoms with Crippen molar-refractivity contribution in [3.8, 4) is 0 Å². The van der Waals surface area contributed by atoms with Gasteiger partial charge in [-0.3, -0.25) is 9.59 Å². The van der Waals surface area contributed by atoms with Crippen LogP contribution in [0.4, 0.5) is 5.69 Å². The molecule has 0 aliphatic carbocycles. The number of carbonyl (C=O) groups is 1. The van der Waals surface area contributed by atoms with Crippen molar-refractivity contribution in [3.05, 3.63) is 27.1 Å². The van der Waals surface area contributed by atoms with E-state index in [0.717, 1.165) is 0 Å². The van der Waals surface area contributed by atoms with Gasteiger partial charge in [0.05, 0.1) is 0 Å². The molecule has 4 nitrogen and oxygen atoms in total. The van der Waals surface area contributed by atoms with E-state index in [-0.39, 0.29) is 17.2 Å². The minimum atomic E-state index is -0.519. The van der Waals surface area contributed by atoms with Crippen molar-refractivity contribution in [2.75, 3.05) is 5.32 Å². The lowest BCUT2D eigenvalue weighted by molar-refractivity contribution is -0.123. The molecule has 2 N–H and O–H groups in total. The summed E-state index contributed by atoms with van der Waals surface area (Å²) in [6.45, 7) is 5.36. The van der Waals surface area contributed by atoms with Crippen molar-refractivity contribution in [2.45, 2.75) is 20.8 Å². The zero-order valence-corrected chi connectivity index (χ0v) is 10.4. The van der Waals surface area contributed by atoms with Crippen LogP contribution in [-0.2, 0) is 4.79 Å². The quantitative estimate of drug-likeness (QED) is 0.823. The van der Waals surface area contributed by atoms with Gasteiger partial charge in [0.2, 0.25) is 5.91 Å². The molecule has 0 bridgehead atoms. The number of halogens is 1. The van der Waals surface area contributed by atoms with Crippen molar-refractivity contribution in [3.63, 3.8) is 0 Å². The molecule has 82 valence electrons. The van der Waals surface area contributed by atoms with Crippen LogP contribution in [0.1, 0.15) is 20.8 Å². The molecule has 1 rings (SSSR count). The highest BCUT2D eigenvalue weighted by Crippen LogP contribution is 2.17. The highest BCUT2D eigenvalue weighted by Gasteiger charge is 2.21. The third-order valence-electron chi connectivity index (χ3n) is 1.80. The van der Waals surface area contributed by atoms with Crippen LogP contribution in [0.2, 0.25) is 0 Å². The van der Waals surface area contributed by atoms with E-state index in [9.17, 15) is 9.59 Å². The molecule has 1 aromatic rings. The van der Waals surface area contributed by atoms with Crippen molar-refractivity contribution in [1.29, 1.82) is 0 Å². The van der Waals surface area contributed by atoms with Gasteiger partial charge in [0.25, 0.3) is 5.56 Å². The molecule has 0 saturated carbocycles. The molecule has 5 heteroatoms. The third-order valence-corrected chi connectivity index (χ3v) is 2.26. The Morgan fingerprint density at radius 1 is 1.47 bits per heavy atom. The molecule has 0 saturated heterocycles. The number of nitrogens with one attached hydrogen (secondary N) is 2. The first-order chi connectivity index (χ1) is 6.80. The predicted octanol–water partition coefficient (Wildman–Crippen LogP) is 2.12. The van der Waals surface area contributed by atoms with E-state index in [0.29, 0.717) is 4.47 Å². The fourth-order valence-corrected chi connectivity index (χ4v) is 1.20. The maximum atomic E-state index is 11.6. The maximum absolute atomic E-state index is 11.6. The van der Waals surface area contributed by atoms with Crippen LogP contribution in [0.5, 0.6) is 0 Å². The first-order valence-corrected chi connectivity index (χ1v) is 5.29. The van der Waals surface area contributed by atoms with Crippen LogP contribution in [0.15, 0.2) is 21.5 Å². The Balaban J connectivity index is 2.95. The molecule has 0 aliphatic rings. The van der Waals surface area contributed by atoms with Gasteiger partial charge in [-0.25, -0.2) is 0 Å².